The van der Waals surface area contributed by atoms with E-state index in [2.05, 4.69) is 15.9 Å². The lowest BCUT2D eigenvalue weighted by atomic mass is 9.94. The molecule has 2 N–H and O–H groups in total. The summed E-state index contributed by atoms with van der Waals surface area (Å²) < 4.78 is 14.3. The quantitative estimate of drug-likeness (QED) is 0.305. The summed E-state index contributed by atoms with van der Waals surface area (Å²) in [6.07, 6.45) is 0. The summed E-state index contributed by atoms with van der Waals surface area (Å²) in [5, 5.41) is 21.1. The Morgan fingerprint density at radius 1 is 1.03 bits per heavy atom. The Kier molecular flexibility index (Phi) is 5.37. The zero-order valence-electron chi connectivity index (χ0n) is 16.3. The lowest BCUT2D eigenvalue weighted by Crippen LogP contribution is -2.29. The highest BCUT2D eigenvalue weighted by molar-refractivity contribution is 9.10. The van der Waals surface area contributed by atoms with Gasteiger partial charge in [0.2, 0.25) is 0 Å². The molecule has 3 aromatic rings. The van der Waals surface area contributed by atoms with Gasteiger partial charge < -0.3 is 10.2 Å². The largest absolute Gasteiger partial charge is 0.508 e. The first kappa shape index (κ1) is 20.8. The maximum atomic E-state index is 13.5. The van der Waals surface area contributed by atoms with Crippen LogP contribution in [0.25, 0.3) is 5.76 Å². The number of phenols is 1. The Morgan fingerprint density at radius 2 is 1.74 bits per heavy atom. The fourth-order valence-corrected chi connectivity index (χ4v) is 3.90. The molecular weight excluding hydrogens is 465 g/mol. The van der Waals surface area contributed by atoms with Crippen LogP contribution in [0.5, 0.6) is 5.75 Å². The molecule has 1 saturated heterocycles. The molecule has 0 aromatic heterocycles. The predicted octanol–water partition coefficient (Wildman–Crippen LogP) is 5.23. The number of hydrogen-bond donors (Lipinski definition) is 2. The van der Waals surface area contributed by atoms with Crippen molar-refractivity contribution in [3.63, 3.8) is 0 Å². The summed E-state index contributed by atoms with van der Waals surface area (Å²) in [4.78, 5) is 27.2. The van der Waals surface area contributed by atoms with E-state index in [4.69, 9.17) is 0 Å². The molecule has 1 heterocycles. The second-order valence-electron chi connectivity index (χ2n) is 7.20. The van der Waals surface area contributed by atoms with Gasteiger partial charge >= 0.3 is 0 Å². The lowest BCUT2D eigenvalue weighted by Gasteiger charge is -2.25. The Hall–Kier alpha value is -3.45. The first-order valence-corrected chi connectivity index (χ1v) is 10.2. The summed E-state index contributed by atoms with van der Waals surface area (Å²) in [6.45, 7) is 1.84. The van der Waals surface area contributed by atoms with E-state index in [0.717, 1.165) is 10.0 Å². The van der Waals surface area contributed by atoms with Crippen LogP contribution in [-0.2, 0) is 9.59 Å². The molecule has 0 aliphatic carbocycles. The molecule has 5 nitrogen and oxygen atoms in total. The number of aliphatic hydroxyl groups is 1. The van der Waals surface area contributed by atoms with E-state index in [1.807, 2.05) is 6.92 Å². The van der Waals surface area contributed by atoms with Crippen LogP contribution in [0.1, 0.15) is 22.7 Å². The molecule has 0 saturated carbocycles. The molecule has 0 bridgehead atoms. The number of aryl methyl sites for hydroxylation is 1. The van der Waals surface area contributed by atoms with E-state index in [1.54, 1.807) is 30.3 Å². The van der Waals surface area contributed by atoms with Crippen molar-refractivity contribution in [3.05, 3.63) is 99.3 Å². The third-order valence-electron chi connectivity index (χ3n) is 5.17. The Balaban J connectivity index is 1.96. The number of nitrogens with zero attached hydrogens (tertiary/aromatic N) is 1. The molecule has 1 aliphatic rings. The molecule has 1 aliphatic heterocycles. The fraction of sp³-hybridized carbons (Fsp3) is 0.0833. The summed E-state index contributed by atoms with van der Waals surface area (Å²) in [5.41, 5.74) is 1.83. The molecule has 31 heavy (non-hydrogen) atoms. The molecule has 1 atom stereocenters. The second kappa shape index (κ2) is 8.00. The van der Waals surface area contributed by atoms with Gasteiger partial charge in [-0.2, -0.15) is 0 Å². The number of benzene rings is 3. The summed E-state index contributed by atoms with van der Waals surface area (Å²) >= 11 is 3.40. The van der Waals surface area contributed by atoms with E-state index in [0.29, 0.717) is 16.8 Å². The first-order valence-electron chi connectivity index (χ1n) is 9.40. The average molecular weight is 482 g/mol. The molecule has 7 heteroatoms. The van der Waals surface area contributed by atoms with E-state index < -0.39 is 23.5 Å². The zero-order chi connectivity index (χ0) is 22.3. The molecule has 156 valence electrons. The van der Waals surface area contributed by atoms with Crippen molar-refractivity contribution in [3.8, 4) is 5.75 Å². The van der Waals surface area contributed by atoms with Crippen molar-refractivity contribution >= 4 is 39.1 Å². The number of amides is 1. The van der Waals surface area contributed by atoms with Crippen LogP contribution >= 0.6 is 15.9 Å². The van der Waals surface area contributed by atoms with Gasteiger partial charge in [-0.1, -0.05) is 34.1 Å². The highest BCUT2D eigenvalue weighted by Crippen LogP contribution is 2.43. The van der Waals surface area contributed by atoms with Gasteiger partial charge in [0.25, 0.3) is 11.7 Å². The number of halogens is 2. The standard InChI is InChI=1S/C24H17BrFNO4/c1-13-11-15(5-10-19(13)25)22(29)20-21(14-3-2-4-18(28)12-14)27(24(31)23(20)30)17-8-6-16(26)7-9-17/h2-12,21,28-29H,1H3/b22-20-. The van der Waals surface area contributed by atoms with E-state index in [1.165, 1.54) is 41.3 Å². The molecule has 1 fully saturated rings. The molecule has 4 rings (SSSR count). The number of hydrogen-bond acceptors (Lipinski definition) is 4. The van der Waals surface area contributed by atoms with Gasteiger partial charge in [-0.25, -0.2) is 4.39 Å². The minimum absolute atomic E-state index is 0.0540. The number of anilines is 1. The summed E-state index contributed by atoms with van der Waals surface area (Å²) in [7, 11) is 0. The van der Waals surface area contributed by atoms with Gasteiger partial charge in [0, 0.05) is 15.7 Å². The van der Waals surface area contributed by atoms with Crippen LogP contribution in [0.4, 0.5) is 10.1 Å². The van der Waals surface area contributed by atoms with Gasteiger partial charge in [0.1, 0.15) is 17.3 Å². The number of carbonyl (C=O) groups is 2. The van der Waals surface area contributed by atoms with Crippen LogP contribution in [-0.4, -0.2) is 21.9 Å². The lowest BCUT2D eigenvalue weighted by molar-refractivity contribution is -0.132. The van der Waals surface area contributed by atoms with Crippen molar-refractivity contribution in [1.29, 1.82) is 0 Å². The Morgan fingerprint density at radius 3 is 2.39 bits per heavy atom. The normalized spacial score (nSPS) is 17.9. The van der Waals surface area contributed by atoms with Crippen LogP contribution < -0.4 is 4.90 Å². The van der Waals surface area contributed by atoms with Gasteiger partial charge in [0.05, 0.1) is 11.6 Å². The molecule has 1 amide bonds. The molecule has 0 spiro atoms. The zero-order valence-corrected chi connectivity index (χ0v) is 17.9. The van der Waals surface area contributed by atoms with Crippen molar-refractivity contribution < 1.29 is 24.2 Å². The van der Waals surface area contributed by atoms with E-state index in [-0.39, 0.29) is 17.1 Å². The van der Waals surface area contributed by atoms with Crippen molar-refractivity contribution in [2.24, 2.45) is 0 Å². The number of phenolic OH excluding ortho intramolecular Hbond substituents is 1. The topological polar surface area (TPSA) is 77.8 Å². The van der Waals surface area contributed by atoms with Crippen molar-refractivity contribution in [2.75, 3.05) is 4.90 Å². The maximum Gasteiger partial charge on any atom is 0.300 e. The van der Waals surface area contributed by atoms with Crippen molar-refractivity contribution in [1.82, 2.24) is 0 Å². The Bertz CT molecular complexity index is 1240. The maximum absolute atomic E-state index is 13.5. The number of Topliss-reactive ketones (excluding diaryl/α,β-unsaturated/α-hetero) is 1. The minimum atomic E-state index is -0.999. The highest BCUT2D eigenvalue weighted by Gasteiger charge is 2.47. The van der Waals surface area contributed by atoms with Crippen LogP contribution in [0, 0.1) is 12.7 Å². The third kappa shape index (κ3) is 3.72. The van der Waals surface area contributed by atoms with E-state index in [9.17, 15) is 24.2 Å². The minimum Gasteiger partial charge on any atom is -0.508 e. The highest BCUT2D eigenvalue weighted by atomic mass is 79.9. The second-order valence-corrected chi connectivity index (χ2v) is 8.06. The average Bonchev–Trinajstić information content (AvgIpc) is 3.01. The number of carbonyl (C=O) groups excluding carboxylic acids is 2. The van der Waals surface area contributed by atoms with E-state index >= 15 is 0 Å². The predicted molar refractivity (Wildman–Crippen MR) is 118 cm³/mol. The smallest absolute Gasteiger partial charge is 0.300 e. The van der Waals surface area contributed by atoms with Crippen molar-refractivity contribution in [2.45, 2.75) is 13.0 Å². The molecular formula is C24H17BrFNO4. The van der Waals surface area contributed by atoms with Gasteiger partial charge in [-0.05, 0) is 66.6 Å². The number of ketones is 1. The van der Waals surface area contributed by atoms with Gasteiger partial charge in [0.15, 0.2) is 0 Å². The third-order valence-corrected chi connectivity index (χ3v) is 6.06. The molecule has 0 radical (unpaired) electrons. The molecule has 3 aromatic carbocycles. The number of aromatic hydroxyl groups is 1. The van der Waals surface area contributed by atoms with Gasteiger partial charge in [-0.15, -0.1) is 0 Å². The van der Waals surface area contributed by atoms with Crippen LogP contribution in [0.2, 0.25) is 0 Å². The Labute approximate surface area is 186 Å². The van der Waals surface area contributed by atoms with Crippen LogP contribution in [0.15, 0.2) is 76.8 Å². The summed E-state index contributed by atoms with van der Waals surface area (Å²) in [5.74, 6) is -2.58. The molecule has 1 unspecified atom stereocenters. The fourth-order valence-electron chi connectivity index (χ4n) is 3.66. The van der Waals surface area contributed by atoms with Crippen LogP contribution in [0.3, 0.4) is 0 Å². The SMILES string of the molecule is Cc1cc(/C(O)=C2/C(=O)C(=O)N(c3ccc(F)cc3)C2c2cccc(O)c2)ccc1Br. The monoisotopic (exact) mass is 481 g/mol. The number of rotatable bonds is 3. The van der Waals surface area contributed by atoms with Gasteiger partial charge in [-0.3, -0.25) is 14.5 Å². The summed E-state index contributed by atoms with van der Waals surface area (Å²) in [6, 6.07) is 15.3. The first-order chi connectivity index (χ1) is 14.8. The number of aliphatic hydroxyl groups excluding tert-OH is 1.